The van der Waals surface area contributed by atoms with Gasteiger partial charge in [-0.25, -0.2) is 8.42 Å². The lowest BCUT2D eigenvalue weighted by molar-refractivity contribution is -0.137. The number of aliphatic hydroxyl groups is 2. The molecule has 288 valence electrons. The van der Waals surface area contributed by atoms with E-state index in [2.05, 4.69) is 6.08 Å². The molecule has 0 unspecified atom stereocenters. The molecule has 1 aromatic heterocycles. The normalized spacial score (nSPS) is 23.9. The zero-order chi connectivity index (χ0) is 39.1. The molecule has 0 radical (unpaired) electrons. The highest BCUT2D eigenvalue weighted by molar-refractivity contribution is 7.88. The Balaban J connectivity index is 1.43. The van der Waals surface area contributed by atoms with E-state index >= 15 is 0 Å². The summed E-state index contributed by atoms with van der Waals surface area (Å²) in [6, 6.07) is 20.4. The molecule has 1 fully saturated rings. The van der Waals surface area contributed by atoms with Crippen LogP contribution in [0.1, 0.15) is 96.7 Å². The van der Waals surface area contributed by atoms with E-state index in [0.29, 0.717) is 43.2 Å². The molecule has 54 heavy (non-hydrogen) atoms. The monoisotopic (exact) mass is 783 g/mol. The summed E-state index contributed by atoms with van der Waals surface area (Å²) in [6.45, 7) is 3.91. The molecule has 1 heterocycles. The number of aliphatic hydroxyl groups excluding tert-OH is 1. The van der Waals surface area contributed by atoms with Crippen molar-refractivity contribution < 1.29 is 41.0 Å². The summed E-state index contributed by atoms with van der Waals surface area (Å²) in [5.74, 6) is -1.04. The van der Waals surface area contributed by atoms with Gasteiger partial charge in [0.05, 0.1) is 28.5 Å². The van der Waals surface area contributed by atoms with Gasteiger partial charge in [-0.3, -0.25) is 4.79 Å². The largest absolute Gasteiger partial charge is 0.453 e. The maximum absolute atomic E-state index is 14.5. The molecule has 3 aromatic carbocycles. The molecule has 4 aromatic rings. The fraction of sp³-hybridized carbons (Fsp3) is 0.405. The third kappa shape index (κ3) is 8.40. The minimum Gasteiger partial charge on any atom is -0.453 e. The Morgan fingerprint density at radius 1 is 1.02 bits per heavy atom. The number of carbonyl (C=O) groups excluding carboxylic acids is 1. The number of nitrogens with zero attached hydrogens (tertiary/aromatic N) is 1. The quantitative estimate of drug-likeness (QED) is 0.136. The van der Waals surface area contributed by atoms with Crippen LogP contribution in [0, 0.1) is 5.41 Å². The first-order valence-electron chi connectivity index (χ1n) is 18.1. The molecule has 0 amide bonds. The fourth-order valence-electron chi connectivity index (χ4n) is 8.19. The molecule has 2 bridgehead atoms. The summed E-state index contributed by atoms with van der Waals surface area (Å²) in [5, 5.41) is 23.7. The molecule has 0 aliphatic heterocycles. The summed E-state index contributed by atoms with van der Waals surface area (Å²) < 4.78 is 74.4. The van der Waals surface area contributed by atoms with Gasteiger partial charge in [0.15, 0.2) is 5.76 Å². The van der Waals surface area contributed by atoms with Crippen LogP contribution < -0.4 is 0 Å². The van der Waals surface area contributed by atoms with Crippen molar-refractivity contribution in [3.05, 3.63) is 129 Å². The van der Waals surface area contributed by atoms with Gasteiger partial charge >= 0.3 is 6.18 Å². The van der Waals surface area contributed by atoms with Gasteiger partial charge in [-0.15, -0.1) is 0 Å². The first-order chi connectivity index (χ1) is 25.4. The summed E-state index contributed by atoms with van der Waals surface area (Å²) in [5.41, 5.74) is 0.193. The standard InChI is InChI=1S/C42H45ClF3NO6S/c1-27-8-7-20-40(2)35(19-21-41(40,50)26-47(54(3,51)52)25-28-9-5-4-6-10-28)32-15-12-29(22-31(48)14-11-27)23-33(32)39(49)38-18-17-37(53-38)34-24-30(42(44,45)46)13-16-36(34)43/h4-6,8-10,12-13,15-18,23-24,31,35,48,50H,7,11,14,19-22,25-26H2,1-3H3/t31-,35-,40-,41+/m0/s1. The molecular weight excluding hydrogens is 739 g/mol. The molecule has 0 saturated heterocycles. The smallest absolute Gasteiger partial charge is 0.416 e. The summed E-state index contributed by atoms with van der Waals surface area (Å²) in [4.78, 5) is 14.5. The highest BCUT2D eigenvalue weighted by Crippen LogP contribution is 2.59. The van der Waals surface area contributed by atoms with Crippen molar-refractivity contribution in [3.8, 4) is 11.3 Å². The maximum Gasteiger partial charge on any atom is 0.416 e. The molecule has 12 heteroatoms. The third-order valence-electron chi connectivity index (χ3n) is 11.4. The molecule has 4 atom stereocenters. The zero-order valence-electron chi connectivity index (χ0n) is 30.5. The molecule has 0 spiro atoms. The second-order valence-corrected chi connectivity index (χ2v) is 17.5. The lowest BCUT2D eigenvalue weighted by Crippen LogP contribution is -2.53. The lowest BCUT2D eigenvalue weighted by Gasteiger charge is -2.45. The minimum atomic E-state index is -4.62. The molecule has 7 nitrogen and oxygen atoms in total. The highest BCUT2D eigenvalue weighted by atomic mass is 35.5. The first kappa shape index (κ1) is 39.9. The number of halogens is 4. The van der Waals surface area contributed by atoms with Gasteiger partial charge < -0.3 is 14.6 Å². The second kappa shape index (κ2) is 15.4. The number of sulfonamides is 1. The molecule has 2 N–H and O–H groups in total. The summed E-state index contributed by atoms with van der Waals surface area (Å²) in [7, 11) is -3.76. The van der Waals surface area contributed by atoms with Gasteiger partial charge in [0.2, 0.25) is 15.8 Å². The van der Waals surface area contributed by atoms with E-state index in [1.165, 1.54) is 16.4 Å². The Morgan fingerprint density at radius 2 is 1.76 bits per heavy atom. The Kier molecular flexibility index (Phi) is 11.4. The molecule has 7 rings (SSSR count). The summed E-state index contributed by atoms with van der Waals surface area (Å²) >= 11 is 6.30. The Labute approximate surface area is 319 Å². The van der Waals surface area contributed by atoms with Gasteiger partial charge in [-0.05, 0) is 111 Å². The van der Waals surface area contributed by atoms with E-state index in [1.807, 2.05) is 56.3 Å². The van der Waals surface area contributed by atoms with Crippen LogP contribution >= 0.6 is 11.6 Å². The molecule has 1 saturated carbocycles. The van der Waals surface area contributed by atoms with E-state index in [-0.39, 0.29) is 53.6 Å². The molecular formula is C42H45ClF3NO6S. The average molecular weight is 784 g/mol. The van der Waals surface area contributed by atoms with Gasteiger partial charge in [0, 0.05) is 29.6 Å². The van der Waals surface area contributed by atoms with Crippen molar-refractivity contribution in [3.63, 3.8) is 0 Å². The minimum absolute atomic E-state index is 0.00811. The van der Waals surface area contributed by atoms with Crippen LogP contribution in [0.5, 0.6) is 0 Å². The Bertz CT molecular complexity index is 2150. The van der Waals surface area contributed by atoms with E-state index in [4.69, 9.17) is 16.0 Å². The van der Waals surface area contributed by atoms with Crippen LogP contribution in [0.15, 0.2) is 94.9 Å². The number of rotatable bonds is 8. The predicted octanol–water partition coefficient (Wildman–Crippen LogP) is 9.35. The van der Waals surface area contributed by atoms with Gasteiger partial charge in [-0.1, -0.05) is 72.6 Å². The Morgan fingerprint density at radius 3 is 2.46 bits per heavy atom. The van der Waals surface area contributed by atoms with Gasteiger partial charge in [0.1, 0.15) is 5.76 Å². The van der Waals surface area contributed by atoms with Crippen molar-refractivity contribution in [1.82, 2.24) is 4.31 Å². The molecule has 3 aliphatic rings. The second-order valence-electron chi connectivity index (χ2n) is 15.1. The zero-order valence-corrected chi connectivity index (χ0v) is 32.1. The fourth-order valence-corrected chi connectivity index (χ4v) is 9.24. The SMILES string of the molecule is CC1=CCC[C@@]2(C)[C@@H](CC[C@@]2(O)CN(Cc2ccccc2)S(C)(=O)=O)c2ccc(cc2C(=O)c2ccc(-c3cc(C(F)(F)F)ccc3Cl)o2)C[C@@H](O)CC1. The van der Waals surface area contributed by atoms with Crippen molar-refractivity contribution >= 4 is 27.4 Å². The van der Waals surface area contributed by atoms with Crippen LogP contribution in [0.25, 0.3) is 11.3 Å². The van der Waals surface area contributed by atoms with Crippen molar-refractivity contribution in [2.24, 2.45) is 5.41 Å². The highest BCUT2D eigenvalue weighted by Gasteiger charge is 2.58. The van der Waals surface area contributed by atoms with Crippen molar-refractivity contribution in [2.45, 2.75) is 89.1 Å². The number of hydrogen-bond donors (Lipinski definition) is 2. The van der Waals surface area contributed by atoms with Crippen molar-refractivity contribution in [2.75, 3.05) is 12.8 Å². The number of hydrogen-bond acceptors (Lipinski definition) is 6. The van der Waals surface area contributed by atoms with Crippen LogP contribution in [0.4, 0.5) is 13.2 Å². The van der Waals surface area contributed by atoms with Crippen LogP contribution in [0.3, 0.4) is 0 Å². The summed E-state index contributed by atoms with van der Waals surface area (Å²) in [6.07, 6.45) is 1.17. The van der Waals surface area contributed by atoms with Crippen LogP contribution in [-0.2, 0) is 29.2 Å². The Hall–Kier alpha value is -3.74. The van der Waals surface area contributed by atoms with Gasteiger partial charge in [0.25, 0.3) is 0 Å². The van der Waals surface area contributed by atoms with E-state index in [0.717, 1.165) is 35.6 Å². The number of benzene rings is 3. The number of carbonyl (C=O) groups is 1. The van der Waals surface area contributed by atoms with Gasteiger partial charge in [-0.2, -0.15) is 17.5 Å². The topological polar surface area (TPSA) is 108 Å². The van der Waals surface area contributed by atoms with E-state index in [1.54, 1.807) is 6.07 Å². The first-order valence-corrected chi connectivity index (χ1v) is 20.3. The van der Waals surface area contributed by atoms with E-state index < -0.39 is 50.6 Å². The number of furan rings is 1. The number of allylic oxidation sites excluding steroid dienone is 2. The number of alkyl halides is 3. The number of ketones is 1. The van der Waals surface area contributed by atoms with Crippen LogP contribution in [-0.4, -0.2) is 53.2 Å². The average Bonchev–Trinajstić information content (AvgIpc) is 3.69. The number of fused-ring (bicyclic) bond motifs is 8. The van der Waals surface area contributed by atoms with E-state index in [9.17, 15) is 36.6 Å². The maximum atomic E-state index is 14.5. The third-order valence-corrected chi connectivity index (χ3v) is 12.9. The van der Waals surface area contributed by atoms with Crippen molar-refractivity contribution in [1.29, 1.82) is 0 Å². The lowest BCUT2D eigenvalue weighted by atomic mass is 9.65. The van der Waals surface area contributed by atoms with Crippen LogP contribution in [0.2, 0.25) is 5.02 Å². The predicted molar refractivity (Wildman–Crippen MR) is 203 cm³/mol. The molecule has 3 aliphatic carbocycles.